The van der Waals surface area contributed by atoms with Crippen molar-refractivity contribution in [3.63, 3.8) is 0 Å². The molecule has 2 rings (SSSR count). The maximum atomic E-state index is 12.9. The Hall–Kier alpha value is -2.08. The summed E-state index contributed by atoms with van der Waals surface area (Å²) in [6, 6.07) is 10.8. The highest BCUT2D eigenvalue weighted by atomic mass is 79.9. The summed E-state index contributed by atoms with van der Waals surface area (Å²) in [6.07, 6.45) is 0. The molecule has 2 aromatic carbocycles. The Morgan fingerprint density at radius 1 is 1.25 bits per heavy atom. The van der Waals surface area contributed by atoms with E-state index < -0.39 is 0 Å². The van der Waals surface area contributed by atoms with Crippen LogP contribution in [0.2, 0.25) is 0 Å². The molecule has 0 radical (unpaired) electrons. The number of nitrogen functional groups attached to an aromatic ring is 1. The zero-order chi connectivity index (χ0) is 14.5. The highest BCUT2D eigenvalue weighted by Gasteiger charge is 2.07. The molecule has 0 aromatic heterocycles. The molecule has 0 bridgehead atoms. The van der Waals surface area contributed by atoms with Crippen molar-refractivity contribution in [3.05, 3.63) is 52.8 Å². The first-order valence-electron chi connectivity index (χ1n) is 5.78. The fourth-order valence-corrected chi connectivity index (χ4v) is 1.96. The first kappa shape index (κ1) is 14.3. The van der Waals surface area contributed by atoms with E-state index in [0.717, 1.165) is 0 Å². The van der Waals surface area contributed by atoms with Gasteiger partial charge in [0.25, 0.3) is 5.91 Å². The summed E-state index contributed by atoms with van der Waals surface area (Å²) in [7, 11) is 0. The number of rotatable bonds is 4. The lowest BCUT2D eigenvalue weighted by atomic mass is 10.3. The van der Waals surface area contributed by atoms with Crippen molar-refractivity contribution >= 4 is 33.2 Å². The number of hydrogen-bond acceptors (Lipinski definition) is 3. The van der Waals surface area contributed by atoms with Crippen LogP contribution in [0.15, 0.2) is 46.9 Å². The fourth-order valence-electron chi connectivity index (χ4n) is 1.50. The molecule has 0 unspecified atom stereocenters. The summed E-state index contributed by atoms with van der Waals surface area (Å²) in [6.45, 7) is -0.172. The third-order valence-corrected chi connectivity index (χ3v) is 3.07. The van der Waals surface area contributed by atoms with Crippen molar-refractivity contribution < 1.29 is 13.9 Å². The lowest BCUT2D eigenvalue weighted by molar-refractivity contribution is -0.118. The summed E-state index contributed by atoms with van der Waals surface area (Å²) in [5, 5.41) is 2.66. The van der Waals surface area contributed by atoms with Crippen LogP contribution >= 0.6 is 15.9 Å². The van der Waals surface area contributed by atoms with Crippen LogP contribution in [0.3, 0.4) is 0 Å². The Morgan fingerprint density at radius 2 is 1.95 bits per heavy atom. The number of carbonyl (C=O) groups excluding carboxylic acids is 1. The Morgan fingerprint density at radius 3 is 2.60 bits per heavy atom. The van der Waals surface area contributed by atoms with Crippen molar-refractivity contribution in [3.8, 4) is 5.75 Å². The predicted molar refractivity (Wildman–Crippen MR) is 79.1 cm³/mol. The monoisotopic (exact) mass is 338 g/mol. The third-order valence-electron chi connectivity index (χ3n) is 2.45. The molecule has 104 valence electrons. The summed E-state index contributed by atoms with van der Waals surface area (Å²) < 4.78 is 18.6. The van der Waals surface area contributed by atoms with Gasteiger partial charge in [0.05, 0.1) is 4.47 Å². The highest BCUT2D eigenvalue weighted by Crippen LogP contribution is 2.25. The minimum absolute atomic E-state index is 0.172. The lowest BCUT2D eigenvalue weighted by Gasteiger charge is -2.09. The molecular formula is C14H12BrFN2O2. The molecule has 0 aliphatic heterocycles. The van der Waals surface area contributed by atoms with Gasteiger partial charge in [0.1, 0.15) is 11.6 Å². The van der Waals surface area contributed by atoms with Gasteiger partial charge in [-0.2, -0.15) is 0 Å². The van der Waals surface area contributed by atoms with Crippen molar-refractivity contribution in [2.45, 2.75) is 0 Å². The average Bonchev–Trinajstić information content (AvgIpc) is 2.40. The van der Waals surface area contributed by atoms with Crippen molar-refractivity contribution in [2.24, 2.45) is 0 Å². The van der Waals surface area contributed by atoms with Crippen LogP contribution in [0.1, 0.15) is 0 Å². The van der Waals surface area contributed by atoms with Gasteiger partial charge in [-0.15, -0.1) is 0 Å². The van der Waals surface area contributed by atoms with Crippen LogP contribution in [-0.4, -0.2) is 12.5 Å². The SMILES string of the molecule is Nc1ccc(NC(=O)COc2ccc(F)cc2Br)cc1. The number of hydrogen-bond donors (Lipinski definition) is 2. The number of carbonyl (C=O) groups is 1. The smallest absolute Gasteiger partial charge is 0.262 e. The molecule has 0 aliphatic carbocycles. The summed E-state index contributed by atoms with van der Waals surface area (Å²) in [4.78, 5) is 11.7. The second-order valence-corrected chi connectivity index (χ2v) is 4.89. The molecule has 2 aromatic rings. The van der Waals surface area contributed by atoms with Gasteiger partial charge < -0.3 is 15.8 Å². The van der Waals surface area contributed by atoms with Crippen molar-refractivity contribution in [1.82, 2.24) is 0 Å². The van der Waals surface area contributed by atoms with Crippen LogP contribution in [-0.2, 0) is 4.79 Å². The van der Waals surface area contributed by atoms with Gasteiger partial charge >= 0.3 is 0 Å². The minimum Gasteiger partial charge on any atom is -0.483 e. The molecule has 0 saturated heterocycles. The zero-order valence-corrected chi connectivity index (χ0v) is 12.0. The molecule has 0 spiro atoms. The summed E-state index contributed by atoms with van der Waals surface area (Å²) in [5.74, 6) is -0.291. The van der Waals surface area contributed by atoms with E-state index in [9.17, 15) is 9.18 Å². The van der Waals surface area contributed by atoms with E-state index in [4.69, 9.17) is 10.5 Å². The Labute approximate surface area is 123 Å². The van der Waals surface area contributed by atoms with Crippen LogP contribution in [0.25, 0.3) is 0 Å². The number of halogens is 2. The molecule has 3 N–H and O–H groups in total. The van der Waals surface area contributed by atoms with Gasteiger partial charge in [-0.25, -0.2) is 4.39 Å². The summed E-state index contributed by atoms with van der Waals surface area (Å²) in [5.41, 5.74) is 6.80. The van der Waals surface area contributed by atoms with Crippen molar-refractivity contribution in [2.75, 3.05) is 17.7 Å². The third kappa shape index (κ3) is 3.96. The number of amides is 1. The molecule has 0 aliphatic rings. The topological polar surface area (TPSA) is 64.3 Å². The number of anilines is 2. The maximum Gasteiger partial charge on any atom is 0.262 e. The van der Waals surface area contributed by atoms with Crippen LogP contribution in [0, 0.1) is 5.82 Å². The molecule has 20 heavy (non-hydrogen) atoms. The van der Waals surface area contributed by atoms with Gasteiger partial charge in [0, 0.05) is 11.4 Å². The Bertz CT molecular complexity index is 617. The van der Waals surface area contributed by atoms with E-state index >= 15 is 0 Å². The van der Waals surface area contributed by atoms with E-state index in [1.54, 1.807) is 24.3 Å². The van der Waals surface area contributed by atoms with Gasteiger partial charge in [-0.1, -0.05) is 0 Å². The van der Waals surface area contributed by atoms with E-state index in [0.29, 0.717) is 21.6 Å². The summed E-state index contributed by atoms with van der Waals surface area (Å²) >= 11 is 3.16. The molecule has 4 nitrogen and oxygen atoms in total. The van der Waals surface area contributed by atoms with Gasteiger partial charge in [-0.3, -0.25) is 4.79 Å². The number of nitrogens with two attached hydrogens (primary N) is 1. The molecule has 0 heterocycles. The van der Waals surface area contributed by atoms with Gasteiger partial charge in [0.2, 0.25) is 0 Å². The second kappa shape index (κ2) is 6.38. The van der Waals surface area contributed by atoms with Crippen LogP contribution in [0.4, 0.5) is 15.8 Å². The fraction of sp³-hybridized carbons (Fsp3) is 0.0714. The van der Waals surface area contributed by atoms with Crippen LogP contribution < -0.4 is 15.8 Å². The molecule has 1 amide bonds. The van der Waals surface area contributed by atoms with E-state index in [1.165, 1.54) is 18.2 Å². The molecular weight excluding hydrogens is 327 g/mol. The molecule has 0 fully saturated rings. The predicted octanol–water partition coefficient (Wildman–Crippen LogP) is 3.19. The number of ether oxygens (including phenoxy) is 1. The van der Waals surface area contributed by atoms with E-state index in [1.807, 2.05) is 0 Å². The average molecular weight is 339 g/mol. The number of benzene rings is 2. The van der Waals surface area contributed by atoms with E-state index in [-0.39, 0.29) is 18.3 Å². The quantitative estimate of drug-likeness (QED) is 0.841. The lowest BCUT2D eigenvalue weighted by Crippen LogP contribution is -2.20. The first-order chi connectivity index (χ1) is 9.54. The Kier molecular flexibility index (Phi) is 4.57. The second-order valence-electron chi connectivity index (χ2n) is 4.03. The Balaban J connectivity index is 1.90. The normalized spacial score (nSPS) is 10.1. The van der Waals surface area contributed by atoms with Crippen molar-refractivity contribution in [1.29, 1.82) is 0 Å². The largest absolute Gasteiger partial charge is 0.483 e. The van der Waals surface area contributed by atoms with E-state index in [2.05, 4.69) is 21.2 Å². The number of nitrogens with one attached hydrogen (secondary N) is 1. The van der Waals surface area contributed by atoms with Gasteiger partial charge in [-0.05, 0) is 58.4 Å². The molecule has 6 heteroatoms. The van der Waals surface area contributed by atoms with Gasteiger partial charge in [0.15, 0.2) is 6.61 Å². The molecule has 0 saturated carbocycles. The van der Waals surface area contributed by atoms with Crippen LogP contribution in [0.5, 0.6) is 5.75 Å². The standard InChI is InChI=1S/C14H12BrFN2O2/c15-12-7-9(16)1-6-13(12)20-8-14(19)18-11-4-2-10(17)3-5-11/h1-7H,8,17H2,(H,18,19). The first-order valence-corrected chi connectivity index (χ1v) is 6.57. The maximum absolute atomic E-state index is 12.9. The minimum atomic E-state index is -0.379. The molecule has 0 atom stereocenters. The highest BCUT2D eigenvalue weighted by molar-refractivity contribution is 9.10. The zero-order valence-electron chi connectivity index (χ0n) is 10.4.